The number of unbranched alkanes of at least 4 members (excludes halogenated alkanes) is 1. The van der Waals surface area contributed by atoms with Gasteiger partial charge in [0.1, 0.15) is 17.7 Å². The van der Waals surface area contributed by atoms with Crippen molar-refractivity contribution in [1.29, 1.82) is 0 Å². The Hall–Kier alpha value is -3.17. The van der Waals surface area contributed by atoms with Gasteiger partial charge in [0, 0.05) is 25.2 Å². The van der Waals surface area contributed by atoms with Gasteiger partial charge in [0.25, 0.3) is 10.0 Å². The van der Waals surface area contributed by atoms with Gasteiger partial charge in [-0.25, -0.2) is 22.6 Å². The molecule has 4 heterocycles. The van der Waals surface area contributed by atoms with Gasteiger partial charge in [-0.3, -0.25) is 14.3 Å². The van der Waals surface area contributed by atoms with Gasteiger partial charge >= 0.3 is 5.69 Å². The van der Waals surface area contributed by atoms with Crippen LogP contribution in [0.5, 0.6) is 0 Å². The van der Waals surface area contributed by atoms with Crippen molar-refractivity contribution in [3.05, 3.63) is 41.1 Å². The second-order valence-electron chi connectivity index (χ2n) is 9.96. The van der Waals surface area contributed by atoms with Crippen molar-refractivity contribution in [1.82, 2.24) is 38.9 Å². The number of hydrogen-bond donors (Lipinski definition) is 2. The van der Waals surface area contributed by atoms with Gasteiger partial charge in [-0.15, -0.1) is 10.2 Å². The van der Waals surface area contributed by atoms with Crippen molar-refractivity contribution in [2.45, 2.75) is 63.5 Å². The van der Waals surface area contributed by atoms with Gasteiger partial charge in [0.05, 0.1) is 24.2 Å². The monoisotopic (exact) mass is 572 g/mol. The van der Waals surface area contributed by atoms with Crippen LogP contribution in [0.3, 0.4) is 0 Å². The normalized spacial score (nSPS) is 15.8. The van der Waals surface area contributed by atoms with Crippen LogP contribution in [0, 0.1) is 0 Å². The number of hydrogen-bond acceptors (Lipinski definition) is 9. The summed E-state index contributed by atoms with van der Waals surface area (Å²) in [5.74, 6) is 0.420. The standard InChI is InChI=1S/C26H36N8O5S/c1-3-5-12-33-24-22(25-30-27-18-34(25)26(33)35)28-23(29-24)19-8-6-10-21(17-19)40(36,37)31-39-20(4-2)9-7-11-32-13-15-38-16-14-32/h6,8,10,17-18,20,31H,3-5,7,9,11-16H2,1-2H3,(H,28,29). The first-order valence-electron chi connectivity index (χ1n) is 13.8. The molecule has 13 nitrogen and oxygen atoms in total. The first-order chi connectivity index (χ1) is 19.4. The van der Waals surface area contributed by atoms with Gasteiger partial charge in [0.2, 0.25) is 0 Å². The Bertz CT molecular complexity index is 1610. The second kappa shape index (κ2) is 12.6. The molecule has 1 fully saturated rings. The number of aromatic amines is 1. The predicted molar refractivity (Wildman–Crippen MR) is 149 cm³/mol. The number of benzene rings is 1. The van der Waals surface area contributed by atoms with Crippen LogP contribution in [-0.4, -0.2) is 81.4 Å². The van der Waals surface area contributed by atoms with Crippen LogP contribution in [0.2, 0.25) is 0 Å². The summed E-state index contributed by atoms with van der Waals surface area (Å²) in [5.41, 5.74) is 1.65. The van der Waals surface area contributed by atoms with Crippen molar-refractivity contribution in [3.8, 4) is 11.4 Å². The molecule has 1 atom stereocenters. The first-order valence-corrected chi connectivity index (χ1v) is 15.3. The van der Waals surface area contributed by atoms with E-state index in [4.69, 9.17) is 9.57 Å². The summed E-state index contributed by atoms with van der Waals surface area (Å²) in [6, 6.07) is 6.44. The molecule has 216 valence electrons. The molecular weight excluding hydrogens is 536 g/mol. The minimum atomic E-state index is -3.95. The third-order valence-corrected chi connectivity index (χ3v) is 8.38. The summed E-state index contributed by atoms with van der Waals surface area (Å²) in [5, 5.41) is 7.98. The molecule has 1 unspecified atom stereocenters. The van der Waals surface area contributed by atoms with Crippen molar-refractivity contribution in [2.24, 2.45) is 0 Å². The number of rotatable bonds is 13. The number of nitrogens with one attached hydrogen (secondary N) is 2. The molecule has 4 aromatic rings. The zero-order chi connectivity index (χ0) is 28.1. The van der Waals surface area contributed by atoms with Crippen molar-refractivity contribution >= 4 is 26.8 Å². The smallest absolute Gasteiger partial charge is 0.336 e. The lowest BCUT2D eigenvalue weighted by atomic mass is 10.1. The van der Waals surface area contributed by atoms with Gasteiger partial charge in [-0.1, -0.05) is 37.3 Å². The highest BCUT2D eigenvalue weighted by molar-refractivity contribution is 7.89. The Morgan fingerprint density at radius 2 is 1.98 bits per heavy atom. The number of H-pyrrole nitrogens is 1. The molecule has 1 aliphatic rings. The molecule has 3 aromatic heterocycles. The van der Waals surface area contributed by atoms with Crippen LogP contribution in [-0.2, 0) is 26.1 Å². The van der Waals surface area contributed by atoms with E-state index in [0.717, 1.165) is 58.5 Å². The Balaban J connectivity index is 1.33. The van der Waals surface area contributed by atoms with Crippen molar-refractivity contribution < 1.29 is 18.0 Å². The maximum absolute atomic E-state index is 13.1. The van der Waals surface area contributed by atoms with E-state index in [1.807, 2.05) is 13.8 Å². The minimum absolute atomic E-state index is 0.0459. The molecule has 0 bridgehead atoms. The molecule has 14 heteroatoms. The zero-order valence-electron chi connectivity index (χ0n) is 22.9. The fraction of sp³-hybridized carbons (Fsp3) is 0.538. The number of nitrogens with zero attached hydrogens (tertiary/aromatic N) is 6. The number of fused-ring (bicyclic) bond motifs is 3. The van der Waals surface area contributed by atoms with E-state index >= 15 is 0 Å². The third-order valence-electron chi connectivity index (χ3n) is 7.19. The highest BCUT2D eigenvalue weighted by Crippen LogP contribution is 2.24. The molecule has 1 aliphatic heterocycles. The fourth-order valence-electron chi connectivity index (χ4n) is 4.84. The molecule has 0 saturated carbocycles. The summed E-state index contributed by atoms with van der Waals surface area (Å²) in [7, 11) is -3.95. The Morgan fingerprint density at radius 3 is 2.75 bits per heavy atom. The molecular formula is C26H36N8O5S. The number of sulfonamides is 1. The van der Waals surface area contributed by atoms with Gasteiger partial charge in [-0.2, -0.15) is 0 Å². The molecule has 0 aliphatic carbocycles. The van der Waals surface area contributed by atoms with E-state index in [1.165, 1.54) is 22.9 Å². The molecule has 1 aromatic carbocycles. The maximum Gasteiger partial charge on any atom is 0.336 e. The number of morpholine rings is 1. The van der Waals surface area contributed by atoms with E-state index in [1.54, 1.807) is 16.7 Å². The average molecular weight is 573 g/mol. The quantitative estimate of drug-likeness (QED) is 0.230. The number of ether oxygens (including phenoxy) is 1. The minimum Gasteiger partial charge on any atom is -0.379 e. The van der Waals surface area contributed by atoms with E-state index in [-0.39, 0.29) is 16.7 Å². The van der Waals surface area contributed by atoms with E-state index < -0.39 is 10.0 Å². The molecule has 1 saturated heterocycles. The summed E-state index contributed by atoms with van der Waals surface area (Å²) >= 11 is 0. The number of aryl methyl sites for hydroxylation is 1. The second-order valence-corrected chi connectivity index (χ2v) is 11.6. The zero-order valence-corrected chi connectivity index (χ0v) is 23.7. The lowest BCUT2D eigenvalue weighted by Gasteiger charge is -2.27. The van der Waals surface area contributed by atoms with Crippen LogP contribution < -0.4 is 10.6 Å². The summed E-state index contributed by atoms with van der Waals surface area (Å²) in [6.45, 7) is 8.80. The summed E-state index contributed by atoms with van der Waals surface area (Å²) < 4.78 is 34.6. The average Bonchev–Trinajstić information content (AvgIpc) is 3.64. The van der Waals surface area contributed by atoms with E-state index in [9.17, 15) is 13.2 Å². The molecule has 40 heavy (non-hydrogen) atoms. The molecule has 0 radical (unpaired) electrons. The van der Waals surface area contributed by atoms with Crippen LogP contribution in [0.1, 0.15) is 46.0 Å². The largest absolute Gasteiger partial charge is 0.379 e. The topological polar surface area (TPSA) is 149 Å². The Labute approximate surface area is 232 Å². The van der Waals surface area contributed by atoms with Crippen molar-refractivity contribution in [3.63, 3.8) is 0 Å². The Morgan fingerprint density at radius 1 is 1.15 bits per heavy atom. The molecule has 0 spiro atoms. The van der Waals surface area contributed by atoms with Gasteiger partial charge < -0.3 is 9.72 Å². The fourth-order valence-corrected chi connectivity index (χ4v) is 5.74. The lowest BCUT2D eigenvalue weighted by molar-refractivity contribution is 0.00321. The molecule has 2 N–H and O–H groups in total. The molecule has 5 rings (SSSR count). The number of imidazole rings is 1. The van der Waals surface area contributed by atoms with Crippen molar-refractivity contribution in [2.75, 3.05) is 32.8 Å². The Kier molecular flexibility index (Phi) is 8.90. The van der Waals surface area contributed by atoms with Crippen LogP contribution in [0.15, 0.2) is 40.3 Å². The highest BCUT2D eigenvalue weighted by atomic mass is 32.2. The maximum atomic E-state index is 13.1. The predicted octanol–water partition coefficient (Wildman–Crippen LogP) is 2.34. The van der Waals surface area contributed by atoms with E-state index in [0.29, 0.717) is 41.2 Å². The van der Waals surface area contributed by atoms with Crippen LogP contribution in [0.25, 0.3) is 28.2 Å². The van der Waals surface area contributed by atoms with E-state index in [2.05, 4.69) is 30.0 Å². The summed E-state index contributed by atoms with van der Waals surface area (Å²) in [6.07, 6.45) is 5.19. The summed E-state index contributed by atoms with van der Waals surface area (Å²) in [4.78, 5) is 31.3. The first kappa shape index (κ1) is 28.4. The lowest BCUT2D eigenvalue weighted by Crippen LogP contribution is -2.37. The SMILES string of the molecule is CCCCn1c(=O)n2cnnc2c2[nH]c(-c3cccc(S(=O)(=O)NOC(CC)CCCN4CCOCC4)c3)nc21. The third kappa shape index (κ3) is 6.10. The number of aromatic nitrogens is 6. The van der Waals surface area contributed by atoms with Crippen LogP contribution in [0.4, 0.5) is 0 Å². The van der Waals surface area contributed by atoms with Crippen LogP contribution >= 0.6 is 0 Å². The van der Waals surface area contributed by atoms with Gasteiger partial charge in [-0.05, 0) is 44.4 Å². The molecule has 0 amide bonds. The van der Waals surface area contributed by atoms with Gasteiger partial charge in [0.15, 0.2) is 11.3 Å². The highest BCUT2D eigenvalue weighted by Gasteiger charge is 2.21.